The molecule has 7 heteroatoms. The van der Waals surface area contributed by atoms with Crippen LogP contribution in [0.1, 0.15) is 28.3 Å². The summed E-state index contributed by atoms with van der Waals surface area (Å²) in [4.78, 5) is 32.4. The van der Waals surface area contributed by atoms with Gasteiger partial charge in [0.1, 0.15) is 23.0 Å². The molecule has 1 amide bonds. The van der Waals surface area contributed by atoms with Crippen molar-refractivity contribution in [1.82, 2.24) is 9.88 Å². The summed E-state index contributed by atoms with van der Waals surface area (Å²) in [5, 5.41) is 11.5. The third kappa shape index (κ3) is 4.86. The number of para-hydroxylation sites is 1. The average molecular weight is 507 g/mol. The molecule has 0 radical (unpaired) electrons. The molecule has 7 nitrogen and oxygen atoms in total. The summed E-state index contributed by atoms with van der Waals surface area (Å²) in [6.07, 6.45) is 3.30. The van der Waals surface area contributed by atoms with Gasteiger partial charge in [0, 0.05) is 24.5 Å². The van der Waals surface area contributed by atoms with Crippen LogP contribution in [-0.4, -0.2) is 33.8 Å². The molecule has 1 aliphatic rings. The van der Waals surface area contributed by atoms with Gasteiger partial charge in [-0.05, 0) is 72.1 Å². The van der Waals surface area contributed by atoms with Crippen LogP contribution in [0.4, 0.5) is 0 Å². The van der Waals surface area contributed by atoms with E-state index in [4.69, 9.17) is 9.47 Å². The molecule has 1 saturated heterocycles. The standard InChI is InChI=1S/C31H26N2O5/c1-20-16-24(37-2)13-14-26(20)29(34)27-28(33(31(36)30(27)35)19-21-8-7-15-32-18-21)22-9-6-12-25(17-22)38-23-10-4-3-5-11-23/h3-18,28,34H,19H2,1-2H3/b29-27+/t28-/m1/s1. The number of Topliss-reactive ketones (excluding diaryl/α,β-unsaturated/α-hetero) is 1. The summed E-state index contributed by atoms with van der Waals surface area (Å²) in [6, 6.07) is 24.5. The molecule has 5 rings (SSSR count). The van der Waals surface area contributed by atoms with Crippen molar-refractivity contribution in [3.63, 3.8) is 0 Å². The lowest BCUT2D eigenvalue weighted by molar-refractivity contribution is -0.140. The van der Waals surface area contributed by atoms with Crippen LogP contribution in [0.15, 0.2) is 103 Å². The quantitative estimate of drug-likeness (QED) is 0.193. The number of ether oxygens (including phenoxy) is 2. The van der Waals surface area contributed by atoms with Crippen molar-refractivity contribution < 1.29 is 24.2 Å². The van der Waals surface area contributed by atoms with Crippen molar-refractivity contribution in [3.05, 3.63) is 125 Å². The Labute approximate surface area is 220 Å². The lowest BCUT2D eigenvalue weighted by Crippen LogP contribution is -2.29. The molecule has 3 aromatic carbocycles. The second kappa shape index (κ2) is 10.6. The molecule has 0 saturated carbocycles. The van der Waals surface area contributed by atoms with E-state index in [1.165, 1.54) is 4.90 Å². The van der Waals surface area contributed by atoms with Crippen molar-refractivity contribution in [3.8, 4) is 17.2 Å². The number of ketones is 1. The molecule has 0 aliphatic carbocycles. The molecule has 4 aromatic rings. The summed E-state index contributed by atoms with van der Waals surface area (Å²) >= 11 is 0. The Bertz CT molecular complexity index is 1520. The number of likely N-dealkylation sites (tertiary alicyclic amines) is 1. The summed E-state index contributed by atoms with van der Waals surface area (Å²) < 4.78 is 11.3. The highest BCUT2D eigenvalue weighted by Crippen LogP contribution is 2.42. The molecule has 0 unspecified atom stereocenters. The molecular weight excluding hydrogens is 480 g/mol. The predicted octanol–water partition coefficient (Wildman–Crippen LogP) is 5.81. The van der Waals surface area contributed by atoms with Crippen LogP contribution in [0.25, 0.3) is 5.76 Å². The number of aliphatic hydroxyl groups excluding tert-OH is 1. The van der Waals surface area contributed by atoms with E-state index in [0.29, 0.717) is 33.9 Å². The lowest BCUT2D eigenvalue weighted by Gasteiger charge is -2.26. The Balaban J connectivity index is 1.63. The number of aryl methyl sites for hydroxylation is 1. The van der Waals surface area contributed by atoms with Crippen molar-refractivity contribution in [1.29, 1.82) is 0 Å². The van der Waals surface area contributed by atoms with E-state index in [1.54, 1.807) is 62.0 Å². The number of aromatic nitrogens is 1. The van der Waals surface area contributed by atoms with E-state index in [2.05, 4.69) is 4.98 Å². The zero-order chi connectivity index (χ0) is 26.6. The molecule has 1 atom stereocenters. The van der Waals surface area contributed by atoms with E-state index in [-0.39, 0.29) is 17.9 Å². The van der Waals surface area contributed by atoms with Crippen LogP contribution >= 0.6 is 0 Å². The fraction of sp³-hybridized carbons (Fsp3) is 0.129. The van der Waals surface area contributed by atoms with Crippen molar-refractivity contribution in [2.75, 3.05) is 7.11 Å². The number of pyridine rings is 1. The van der Waals surface area contributed by atoms with Gasteiger partial charge < -0.3 is 19.5 Å². The van der Waals surface area contributed by atoms with Crippen molar-refractivity contribution >= 4 is 17.4 Å². The minimum absolute atomic E-state index is 0.0176. The summed E-state index contributed by atoms with van der Waals surface area (Å²) in [5.41, 5.74) is 2.57. The van der Waals surface area contributed by atoms with Gasteiger partial charge in [0.25, 0.3) is 11.7 Å². The Morgan fingerprint density at radius 2 is 1.71 bits per heavy atom. The Morgan fingerprint density at radius 1 is 0.921 bits per heavy atom. The number of hydrogen-bond acceptors (Lipinski definition) is 6. The third-order valence-electron chi connectivity index (χ3n) is 6.46. The first-order valence-electron chi connectivity index (χ1n) is 12.1. The van der Waals surface area contributed by atoms with Gasteiger partial charge in [0.05, 0.1) is 18.7 Å². The Hall–Kier alpha value is -4.91. The SMILES string of the molecule is COc1ccc(/C(O)=C2\C(=O)C(=O)N(Cc3cccnc3)[C@@H]2c2cccc(Oc3ccccc3)c2)c(C)c1. The van der Waals surface area contributed by atoms with Crippen molar-refractivity contribution in [2.24, 2.45) is 0 Å². The second-order valence-electron chi connectivity index (χ2n) is 8.96. The molecule has 2 heterocycles. The number of methoxy groups -OCH3 is 1. The predicted molar refractivity (Wildman–Crippen MR) is 143 cm³/mol. The van der Waals surface area contributed by atoms with E-state index in [0.717, 1.165) is 5.56 Å². The molecule has 0 spiro atoms. The molecule has 190 valence electrons. The number of carbonyl (C=O) groups excluding carboxylic acids is 2. The van der Waals surface area contributed by atoms with Crippen LogP contribution in [0.2, 0.25) is 0 Å². The average Bonchev–Trinajstić information content (AvgIpc) is 3.19. The van der Waals surface area contributed by atoms with Crippen LogP contribution in [-0.2, 0) is 16.1 Å². The first-order chi connectivity index (χ1) is 18.5. The van der Waals surface area contributed by atoms with Gasteiger partial charge >= 0.3 is 0 Å². The van der Waals surface area contributed by atoms with Gasteiger partial charge in [0.2, 0.25) is 0 Å². The molecule has 1 fully saturated rings. The zero-order valence-electron chi connectivity index (χ0n) is 21.0. The van der Waals surface area contributed by atoms with Crippen molar-refractivity contribution in [2.45, 2.75) is 19.5 Å². The number of amides is 1. The first-order valence-corrected chi connectivity index (χ1v) is 12.1. The minimum Gasteiger partial charge on any atom is -0.507 e. The first kappa shape index (κ1) is 24.8. The van der Waals surface area contributed by atoms with E-state index in [9.17, 15) is 14.7 Å². The minimum atomic E-state index is -0.837. The number of aliphatic hydroxyl groups is 1. The van der Waals surface area contributed by atoms with Gasteiger partial charge in [-0.15, -0.1) is 0 Å². The zero-order valence-corrected chi connectivity index (χ0v) is 21.0. The molecule has 0 bridgehead atoms. The highest BCUT2D eigenvalue weighted by atomic mass is 16.5. The lowest BCUT2D eigenvalue weighted by atomic mass is 9.93. The number of hydrogen-bond donors (Lipinski definition) is 1. The van der Waals surface area contributed by atoms with Gasteiger partial charge in [-0.2, -0.15) is 0 Å². The molecule has 1 aliphatic heterocycles. The highest BCUT2D eigenvalue weighted by molar-refractivity contribution is 6.46. The molecule has 38 heavy (non-hydrogen) atoms. The summed E-state index contributed by atoms with van der Waals surface area (Å²) in [5.74, 6) is 0.140. The van der Waals surface area contributed by atoms with Crippen LogP contribution in [0.3, 0.4) is 0 Å². The number of rotatable bonds is 7. The van der Waals surface area contributed by atoms with Crippen LogP contribution < -0.4 is 9.47 Å². The number of carbonyl (C=O) groups is 2. The summed E-state index contributed by atoms with van der Waals surface area (Å²) in [7, 11) is 1.56. The van der Waals surface area contributed by atoms with E-state index < -0.39 is 17.7 Å². The molecular formula is C31H26N2O5. The second-order valence-corrected chi connectivity index (χ2v) is 8.96. The van der Waals surface area contributed by atoms with Gasteiger partial charge in [0.15, 0.2) is 0 Å². The molecule has 1 aromatic heterocycles. The van der Waals surface area contributed by atoms with Crippen LogP contribution in [0.5, 0.6) is 17.2 Å². The number of benzene rings is 3. The van der Waals surface area contributed by atoms with E-state index >= 15 is 0 Å². The Morgan fingerprint density at radius 3 is 2.42 bits per heavy atom. The van der Waals surface area contributed by atoms with Crippen LogP contribution in [0, 0.1) is 6.92 Å². The Kier molecular flexibility index (Phi) is 6.91. The maximum absolute atomic E-state index is 13.4. The van der Waals surface area contributed by atoms with E-state index in [1.807, 2.05) is 49.4 Å². The topological polar surface area (TPSA) is 89.0 Å². The highest BCUT2D eigenvalue weighted by Gasteiger charge is 2.46. The third-order valence-corrected chi connectivity index (χ3v) is 6.46. The normalized spacial score (nSPS) is 16.5. The van der Waals surface area contributed by atoms with Gasteiger partial charge in [-0.1, -0.05) is 36.4 Å². The smallest absolute Gasteiger partial charge is 0.295 e. The maximum atomic E-state index is 13.4. The van der Waals surface area contributed by atoms with Gasteiger partial charge in [-0.3, -0.25) is 14.6 Å². The largest absolute Gasteiger partial charge is 0.507 e. The maximum Gasteiger partial charge on any atom is 0.295 e. The summed E-state index contributed by atoms with van der Waals surface area (Å²) in [6.45, 7) is 1.96. The fourth-order valence-electron chi connectivity index (χ4n) is 4.62. The van der Waals surface area contributed by atoms with Gasteiger partial charge in [-0.25, -0.2) is 0 Å². The fourth-order valence-corrected chi connectivity index (χ4v) is 4.62. The molecule has 1 N–H and O–H groups in total. The monoisotopic (exact) mass is 506 g/mol. The number of nitrogens with zero attached hydrogens (tertiary/aromatic N) is 2.